The van der Waals surface area contributed by atoms with Crippen molar-refractivity contribution < 1.29 is 9.18 Å². The zero-order valence-electron chi connectivity index (χ0n) is 11.5. The van der Waals surface area contributed by atoms with Crippen LogP contribution in [-0.4, -0.2) is 15.9 Å². The largest absolute Gasteiger partial charge is 0.396 e. The van der Waals surface area contributed by atoms with Gasteiger partial charge in [-0.05, 0) is 34.1 Å². The van der Waals surface area contributed by atoms with E-state index < -0.39 is 11.7 Å². The fraction of sp³-hybridized carbons (Fsp3) is 0.214. The fourth-order valence-corrected chi connectivity index (χ4v) is 1.88. The Hall–Kier alpha value is -2.02. The van der Waals surface area contributed by atoms with Crippen LogP contribution >= 0.6 is 15.9 Å². The number of hydrogen-bond donors (Lipinski definition) is 2. The van der Waals surface area contributed by atoms with E-state index in [1.54, 1.807) is 6.07 Å². The first-order chi connectivity index (χ1) is 9.88. The van der Waals surface area contributed by atoms with E-state index in [-0.39, 0.29) is 17.3 Å². The summed E-state index contributed by atoms with van der Waals surface area (Å²) in [5.41, 5.74) is 6.31. The Bertz CT molecular complexity index is 691. The highest BCUT2D eigenvalue weighted by Crippen LogP contribution is 2.20. The molecule has 2 rings (SSSR count). The zero-order chi connectivity index (χ0) is 15.6. The summed E-state index contributed by atoms with van der Waals surface area (Å²) >= 11 is 3.05. The molecule has 0 saturated carbocycles. The summed E-state index contributed by atoms with van der Waals surface area (Å²) in [6.07, 6.45) is 1.40. The molecule has 0 bridgehead atoms. The van der Waals surface area contributed by atoms with Gasteiger partial charge < -0.3 is 11.1 Å². The molecule has 0 aliphatic carbocycles. The van der Waals surface area contributed by atoms with Gasteiger partial charge in [-0.2, -0.15) is 0 Å². The van der Waals surface area contributed by atoms with Crippen molar-refractivity contribution in [2.45, 2.75) is 19.8 Å². The number of aromatic nitrogens is 2. The average Bonchev–Trinajstić information content (AvgIpc) is 2.43. The van der Waals surface area contributed by atoms with Crippen LogP contribution in [0.25, 0.3) is 0 Å². The van der Waals surface area contributed by atoms with Crippen LogP contribution in [0, 0.1) is 5.82 Å². The summed E-state index contributed by atoms with van der Waals surface area (Å²) in [5, 5.41) is 2.56. The number of rotatable bonds is 3. The van der Waals surface area contributed by atoms with Crippen molar-refractivity contribution in [3.63, 3.8) is 0 Å². The molecule has 0 saturated heterocycles. The molecule has 1 aromatic heterocycles. The molecule has 0 atom stereocenters. The maximum absolute atomic E-state index is 13.4. The van der Waals surface area contributed by atoms with Crippen LogP contribution in [0.3, 0.4) is 0 Å². The third-order valence-corrected chi connectivity index (χ3v) is 3.39. The van der Waals surface area contributed by atoms with E-state index in [2.05, 4.69) is 31.2 Å². The molecule has 0 aliphatic heterocycles. The van der Waals surface area contributed by atoms with Gasteiger partial charge in [-0.3, -0.25) is 4.79 Å². The predicted molar refractivity (Wildman–Crippen MR) is 82.6 cm³/mol. The van der Waals surface area contributed by atoms with Gasteiger partial charge in [-0.1, -0.05) is 13.8 Å². The van der Waals surface area contributed by atoms with Crippen molar-refractivity contribution in [3.8, 4) is 0 Å². The summed E-state index contributed by atoms with van der Waals surface area (Å²) in [4.78, 5) is 20.4. The third kappa shape index (κ3) is 3.55. The van der Waals surface area contributed by atoms with Crippen LogP contribution in [-0.2, 0) is 0 Å². The lowest BCUT2D eigenvalue weighted by molar-refractivity contribution is 0.102. The van der Waals surface area contributed by atoms with Crippen molar-refractivity contribution in [1.82, 2.24) is 9.97 Å². The third-order valence-electron chi connectivity index (χ3n) is 2.74. The Morgan fingerprint density at radius 2 is 2.14 bits per heavy atom. The zero-order valence-corrected chi connectivity index (χ0v) is 13.1. The van der Waals surface area contributed by atoms with Crippen LogP contribution < -0.4 is 11.1 Å². The highest BCUT2D eigenvalue weighted by atomic mass is 79.9. The highest BCUT2D eigenvalue weighted by molar-refractivity contribution is 9.10. The van der Waals surface area contributed by atoms with Gasteiger partial charge in [0, 0.05) is 11.6 Å². The van der Waals surface area contributed by atoms with Gasteiger partial charge in [0.05, 0.1) is 16.4 Å². The lowest BCUT2D eigenvalue weighted by Gasteiger charge is -2.10. The quantitative estimate of drug-likeness (QED) is 0.887. The van der Waals surface area contributed by atoms with E-state index >= 15 is 0 Å². The maximum atomic E-state index is 13.4. The van der Waals surface area contributed by atoms with Gasteiger partial charge in [0.2, 0.25) is 0 Å². The van der Waals surface area contributed by atoms with Crippen LogP contribution in [0.5, 0.6) is 0 Å². The number of nitrogens with zero attached hydrogens (tertiary/aromatic N) is 2. The van der Waals surface area contributed by atoms with Gasteiger partial charge in [0.15, 0.2) is 5.69 Å². The van der Waals surface area contributed by atoms with Crippen molar-refractivity contribution >= 4 is 33.2 Å². The molecule has 7 heteroatoms. The first-order valence-electron chi connectivity index (χ1n) is 6.27. The minimum Gasteiger partial charge on any atom is -0.396 e. The molecule has 21 heavy (non-hydrogen) atoms. The number of carbonyl (C=O) groups is 1. The lowest BCUT2D eigenvalue weighted by Crippen LogP contribution is -2.18. The molecule has 1 heterocycles. The van der Waals surface area contributed by atoms with Gasteiger partial charge in [-0.15, -0.1) is 0 Å². The van der Waals surface area contributed by atoms with Gasteiger partial charge >= 0.3 is 0 Å². The molecule has 1 aromatic carbocycles. The standard InChI is InChI=1S/C14H14BrFN4O/c1-7(2)13-18-6-11(17)12(20-13)14(21)19-8-3-4-9(15)10(16)5-8/h3-7H,17H2,1-2H3,(H,19,21). The van der Waals surface area contributed by atoms with E-state index in [1.807, 2.05) is 13.8 Å². The molecule has 2 aromatic rings. The van der Waals surface area contributed by atoms with E-state index in [0.717, 1.165) is 0 Å². The number of nitrogen functional groups attached to an aromatic ring is 1. The second-order valence-corrected chi connectivity index (χ2v) is 5.62. The lowest BCUT2D eigenvalue weighted by atomic mass is 10.2. The Morgan fingerprint density at radius 1 is 1.43 bits per heavy atom. The smallest absolute Gasteiger partial charge is 0.276 e. The van der Waals surface area contributed by atoms with Gasteiger partial charge in [0.1, 0.15) is 11.6 Å². The van der Waals surface area contributed by atoms with Gasteiger partial charge in [-0.25, -0.2) is 14.4 Å². The normalized spacial score (nSPS) is 10.7. The highest BCUT2D eigenvalue weighted by Gasteiger charge is 2.15. The SMILES string of the molecule is CC(C)c1ncc(N)c(C(=O)Nc2ccc(Br)c(F)c2)n1. The number of hydrogen-bond acceptors (Lipinski definition) is 4. The second kappa shape index (κ2) is 6.17. The molecule has 0 fully saturated rings. The number of halogens is 2. The summed E-state index contributed by atoms with van der Waals surface area (Å²) in [6.45, 7) is 3.83. The Kier molecular flexibility index (Phi) is 4.52. The molecule has 0 unspecified atom stereocenters. The molecule has 110 valence electrons. The minimum absolute atomic E-state index is 0.0716. The van der Waals surface area contributed by atoms with Crippen LogP contribution in [0.1, 0.15) is 36.1 Å². The molecular weight excluding hydrogens is 339 g/mol. The molecular formula is C14H14BrFN4O. The molecule has 0 spiro atoms. The van der Waals surface area contributed by atoms with E-state index in [4.69, 9.17) is 5.73 Å². The molecule has 0 radical (unpaired) electrons. The molecule has 0 aliphatic rings. The van der Waals surface area contributed by atoms with Crippen molar-refractivity contribution in [2.75, 3.05) is 11.1 Å². The Balaban J connectivity index is 2.27. The number of anilines is 2. The summed E-state index contributed by atoms with van der Waals surface area (Å²) in [7, 11) is 0. The van der Waals surface area contributed by atoms with Crippen molar-refractivity contribution in [3.05, 3.63) is 46.2 Å². The Morgan fingerprint density at radius 3 is 2.76 bits per heavy atom. The minimum atomic E-state index is -0.501. The summed E-state index contributed by atoms with van der Waals surface area (Å²) < 4.78 is 13.8. The fourth-order valence-electron chi connectivity index (χ4n) is 1.63. The van der Waals surface area contributed by atoms with Crippen molar-refractivity contribution in [1.29, 1.82) is 0 Å². The first-order valence-corrected chi connectivity index (χ1v) is 7.06. The van der Waals surface area contributed by atoms with E-state index in [9.17, 15) is 9.18 Å². The number of amides is 1. The van der Waals surface area contributed by atoms with Gasteiger partial charge in [0.25, 0.3) is 5.91 Å². The maximum Gasteiger partial charge on any atom is 0.276 e. The van der Waals surface area contributed by atoms with E-state index in [1.165, 1.54) is 18.3 Å². The second-order valence-electron chi connectivity index (χ2n) is 4.77. The number of nitrogens with one attached hydrogen (secondary N) is 1. The average molecular weight is 353 g/mol. The summed E-state index contributed by atoms with van der Waals surface area (Å²) in [6, 6.07) is 4.29. The molecule has 3 N–H and O–H groups in total. The van der Waals surface area contributed by atoms with Crippen molar-refractivity contribution in [2.24, 2.45) is 0 Å². The number of benzene rings is 1. The summed E-state index contributed by atoms with van der Waals surface area (Å²) in [5.74, 6) is -0.372. The van der Waals surface area contributed by atoms with E-state index in [0.29, 0.717) is 16.0 Å². The Labute approximate surface area is 129 Å². The molecule has 5 nitrogen and oxygen atoms in total. The topological polar surface area (TPSA) is 80.9 Å². The number of carbonyl (C=O) groups excluding carboxylic acids is 1. The monoisotopic (exact) mass is 352 g/mol. The van der Waals surface area contributed by atoms with Crippen LogP contribution in [0.4, 0.5) is 15.8 Å². The predicted octanol–water partition coefficient (Wildman–Crippen LogP) is 3.34. The van der Waals surface area contributed by atoms with Crippen LogP contribution in [0.2, 0.25) is 0 Å². The first kappa shape index (κ1) is 15.4. The molecule has 1 amide bonds. The van der Waals surface area contributed by atoms with Crippen LogP contribution in [0.15, 0.2) is 28.9 Å². The number of nitrogens with two attached hydrogens (primary N) is 1.